The van der Waals surface area contributed by atoms with Gasteiger partial charge in [0.15, 0.2) is 11.5 Å². The molecular weight excluding hydrogens is 342 g/mol. The lowest BCUT2D eigenvalue weighted by Crippen LogP contribution is -2.44. The molecule has 1 heterocycles. The first kappa shape index (κ1) is 20.6. The first-order valence-electron chi connectivity index (χ1n) is 8.96. The monoisotopic (exact) mass is 369 g/mol. The van der Waals surface area contributed by atoms with Gasteiger partial charge in [-0.1, -0.05) is 12.1 Å². The molecule has 2 rings (SSSR count). The maximum Gasteiger partial charge on any atom is 0.296 e. The lowest BCUT2D eigenvalue weighted by Gasteiger charge is -2.19. The zero-order valence-electron chi connectivity index (χ0n) is 17.1. The zero-order chi connectivity index (χ0) is 20.5. The molecule has 0 bridgehead atoms. The fraction of sp³-hybridized carbons (Fsp3) is 0.409. The van der Waals surface area contributed by atoms with Crippen molar-refractivity contribution in [2.24, 2.45) is 0 Å². The average Bonchev–Trinajstić information content (AvgIpc) is 2.92. The van der Waals surface area contributed by atoms with Gasteiger partial charge in [-0.15, -0.1) is 0 Å². The van der Waals surface area contributed by atoms with E-state index in [2.05, 4.69) is 12.2 Å². The second kappa shape index (κ2) is 7.51. The topological polar surface area (TPSA) is 76.4 Å². The first-order valence-corrected chi connectivity index (χ1v) is 8.96. The second-order valence-corrected chi connectivity index (χ2v) is 8.07. The number of amides is 1. The summed E-state index contributed by atoms with van der Waals surface area (Å²) in [5.41, 5.74) is 4.20. The van der Waals surface area contributed by atoms with E-state index in [0.717, 1.165) is 16.7 Å². The highest BCUT2D eigenvalue weighted by atomic mass is 16.3. The van der Waals surface area contributed by atoms with Crippen LogP contribution in [-0.4, -0.2) is 23.0 Å². The molecule has 0 unspecified atom stereocenters. The quantitative estimate of drug-likeness (QED) is 0.637. The number of aryl methyl sites for hydroxylation is 3. The number of rotatable bonds is 5. The summed E-state index contributed by atoms with van der Waals surface area (Å²) < 4.78 is 5.41. The number of hydrogen-bond acceptors (Lipinski definition) is 4. The van der Waals surface area contributed by atoms with Crippen molar-refractivity contribution in [2.75, 3.05) is 0 Å². The molecule has 0 saturated heterocycles. The third kappa shape index (κ3) is 4.94. The van der Waals surface area contributed by atoms with E-state index in [9.17, 15) is 14.4 Å². The normalized spacial score (nSPS) is 11.4. The van der Waals surface area contributed by atoms with Crippen LogP contribution in [0, 0.1) is 27.7 Å². The number of Topliss-reactive ketones (excluding diaryl/α,β-unsaturated/α-hetero) is 2. The Morgan fingerprint density at radius 1 is 0.963 bits per heavy atom. The van der Waals surface area contributed by atoms with Crippen LogP contribution in [0.25, 0.3) is 0 Å². The van der Waals surface area contributed by atoms with Crippen LogP contribution in [0.15, 0.2) is 22.6 Å². The van der Waals surface area contributed by atoms with Crippen LogP contribution in [0.1, 0.15) is 69.7 Å². The van der Waals surface area contributed by atoms with Crippen LogP contribution in [-0.2, 0) is 11.2 Å². The van der Waals surface area contributed by atoms with Crippen LogP contribution in [0.3, 0.4) is 0 Å². The third-order valence-electron chi connectivity index (χ3n) is 4.49. The van der Waals surface area contributed by atoms with Gasteiger partial charge in [0.1, 0.15) is 5.76 Å². The summed E-state index contributed by atoms with van der Waals surface area (Å²) >= 11 is 0. The fourth-order valence-corrected chi connectivity index (χ4v) is 2.89. The molecule has 1 N–H and O–H groups in total. The van der Waals surface area contributed by atoms with Gasteiger partial charge in [-0.25, -0.2) is 0 Å². The summed E-state index contributed by atoms with van der Waals surface area (Å²) in [6.07, 6.45) is 0.212. The Bertz CT molecular complexity index is 890. The molecule has 1 aromatic carbocycles. The predicted molar refractivity (Wildman–Crippen MR) is 104 cm³/mol. The van der Waals surface area contributed by atoms with Gasteiger partial charge >= 0.3 is 0 Å². The molecule has 0 atom stereocenters. The van der Waals surface area contributed by atoms with Crippen molar-refractivity contribution in [3.05, 3.63) is 57.5 Å². The minimum Gasteiger partial charge on any atom is -0.457 e. The van der Waals surface area contributed by atoms with Crippen molar-refractivity contribution in [3.63, 3.8) is 0 Å². The molecule has 0 fully saturated rings. The molecule has 0 aliphatic carbocycles. The van der Waals surface area contributed by atoms with Gasteiger partial charge < -0.3 is 9.73 Å². The van der Waals surface area contributed by atoms with E-state index in [4.69, 9.17) is 4.42 Å². The van der Waals surface area contributed by atoms with Gasteiger partial charge in [-0.05, 0) is 76.8 Å². The third-order valence-corrected chi connectivity index (χ3v) is 4.49. The minimum atomic E-state index is -0.783. The van der Waals surface area contributed by atoms with Crippen LogP contribution < -0.4 is 5.32 Å². The molecule has 0 aliphatic heterocycles. The fourth-order valence-electron chi connectivity index (χ4n) is 2.89. The molecule has 1 amide bonds. The number of carbonyl (C=O) groups is 3. The number of nitrogens with one attached hydrogen (secondary N) is 1. The summed E-state index contributed by atoms with van der Waals surface area (Å²) in [6, 6.07) is 5.37. The van der Waals surface area contributed by atoms with Crippen LogP contribution in [0.5, 0.6) is 0 Å². The molecule has 0 radical (unpaired) electrons. The Morgan fingerprint density at radius 3 is 2.04 bits per heavy atom. The highest BCUT2D eigenvalue weighted by Crippen LogP contribution is 2.21. The number of ketones is 2. The average molecular weight is 369 g/mol. The van der Waals surface area contributed by atoms with Crippen molar-refractivity contribution in [2.45, 2.75) is 60.4 Å². The summed E-state index contributed by atoms with van der Waals surface area (Å²) in [5, 5.41) is 2.60. The maximum absolute atomic E-state index is 12.7. The van der Waals surface area contributed by atoms with Crippen molar-refractivity contribution in [1.29, 1.82) is 0 Å². The summed E-state index contributed by atoms with van der Waals surface area (Å²) in [6.45, 7) is 13.1. The molecule has 5 nitrogen and oxygen atoms in total. The van der Waals surface area contributed by atoms with Gasteiger partial charge in [0.05, 0.1) is 5.56 Å². The molecule has 2 aromatic rings. The SMILES string of the molecule is Cc1cc(CC(=O)c2cc(C(=O)C(=O)NC(C)(C)C)oc2C)cc(C)c1C. The highest BCUT2D eigenvalue weighted by Gasteiger charge is 2.26. The van der Waals surface area contributed by atoms with Crippen molar-refractivity contribution in [3.8, 4) is 0 Å². The van der Waals surface area contributed by atoms with E-state index in [1.165, 1.54) is 11.6 Å². The van der Waals surface area contributed by atoms with Crippen molar-refractivity contribution in [1.82, 2.24) is 5.32 Å². The van der Waals surface area contributed by atoms with Crippen molar-refractivity contribution < 1.29 is 18.8 Å². The van der Waals surface area contributed by atoms with Crippen LogP contribution >= 0.6 is 0 Å². The summed E-state index contributed by atoms with van der Waals surface area (Å²) in [5.74, 6) is -1.45. The van der Waals surface area contributed by atoms with E-state index >= 15 is 0 Å². The summed E-state index contributed by atoms with van der Waals surface area (Å²) in [4.78, 5) is 37.0. The number of furan rings is 1. The second-order valence-electron chi connectivity index (χ2n) is 8.07. The maximum atomic E-state index is 12.7. The Labute approximate surface area is 160 Å². The van der Waals surface area contributed by atoms with Gasteiger partial charge in [0.2, 0.25) is 0 Å². The Hall–Kier alpha value is -2.69. The first-order chi connectivity index (χ1) is 12.4. The van der Waals surface area contributed by atoms with E-state index in [-0.39, 0.29) is 18.0 Å². The Morgan fingerprint density at radius 2 is 1.52 bits per heavy atom. The molecule has 5 heteroatoms. The summed E-state index contributed by atoms with van der Waals surface area (Å²) in [7, 11) is 0. The number of benzene rings is 1. The molecule has 0 spiro atoms. The standard InChI is InChI=1S/C22H27NO4/c1-12-8-16(9-13(2)14(12)3)10-18(24)17-11-19(27-15(17)4)20(25)21(26)23-22(5,6)7/h8-9,11H,10H2,1-7H3,(H,23,26). The minimum absolute atomic E-state index is 0.117. The van der Waals surface area contributed by atoms with Gasteiger partial charge in [-0.2, -0.15) is 0 Å². The van der Waals surface area contributed by atoms with Crippen LogP contribution in [0.4, 0.5) is 0 Å². The molecule has 27 heavy (non-hydrogen) atoms. The van der Waals surface area contributed by atoms with Crippen molar-refractivity contribution >= 4 is 17.5 Å². The molecule has 0 saturated carbocycles. The number of carbonyl (C=O) groups excluding carboxylic acids is 3. The molecule has 144 valence electrons. The Kier molecular flexibility index (Phi) is 5.73. The van der Waals surface area contributed by atoms with Gasteiger partial charge in [-0.3, -0.25) is 14.4 Å². The molecule has 1 aromatic heterocycles. The van der Waals surface area contributed by atoms with Crippen LogP contribution in [0.2, 0.25) is 0 Å². The van der Waals surface area contributed by atoms with Gasteiger partial charge in [0, 0.05) is 12.0 Å². The van der Waals surface area contributed by atoms with E-state index in [1.54, 1.807) is 27.7 Å². The highest BCUT2D eigenvalue weighted by molar-refractivity contribution is 6.42. The number of hydrogen-bond donors (Lipinski definition) is 1. The van der Waals surface area contributed by atoms with E-state index < -0.39 is 17.2 Å². The Balaban J connectivity index is 2.22. The largest absolute Gasteiger partial charge is 0.457 e. The van der Waals surface area contributed by atoms with E-state index in [0.29, 0.717) is 11.3 Å². The molecule has 0 aliphatic rings. The van der Waals surface area contributed by atoms with E-state index in [1.807, 2.05) is 26.0 Å². The smallest absolute Gasteiger partial charge is 0.296 e. The lowest BCUT2D eigenvalue weighted by molar-refractivity contribution is -0.118. The predicted octanol–water partition coefficient (Wildman–Crippen LogP) is 4.04. The molecular formula is C22H27NO4. The van der Waals surface area contributed by atoms with Gasteiger partial charge in [0.25, 0.3) is 11.7 Å². The zero-order valence-corrected chi connectivity index (χ0v) is 17.1. The lowest BCUT2D eigenvalue weighted by atomic mass is 9.96.